The van der Waals surface area contributed by atoms with Crippen LogP contribution >= 0.6 is 11.3 Å². The number of rotatable bonds is 7. The van der Waals surface area contributed by atoms with Crippen LogP contribution in [0.2, 0.25) is 0 Å². The zero-order valence-electron chi connectivity index (χ0n) is 20.4. The summed E-state index contributed by atoms with van der Waals surface area (Å²) < 4.78 is 6.57. The fourth-order valence-electron chi connectivity index (χ4n) is 4.08. The molecule has 0 saturated carbocycles. The van der Waals surface area contributed by atoms with Crippen molar-refractivity contribution in [1.82, 2.24) is 25.4 Å². The second kappa shape index (κ2) is 10.5. The summed E-state index contributed by atoms with van der Waals surface area (Å²) in [5.41, 5.74) is 11.0. The number of nitrogens with zero attached hydrogens (tertiary/aromatic N) is 6. The minimum atomic E-state index is -0.660. The first-order valence-electron chi connectivity index (χ1n) is 11.6. The highest BCUT2D eigenvalue weighted by atomic mass is 32.1. The fourth-order valence-corrected chi connectivity index (χ4v) is 5.24. The summed E-state index contributed by atoms with van der Waals surface area (Å²) in [6.07, 6.45) is 2.74. The van der Waals surface area contributed by atoms with E-state index in [0.717, 1.165) is 45.3 Å². The van der Waals surface area contributed by atoms with E-state index in [1.54, 1.807) is 16.8 Å². The summed E-state index contributed by atoms with van der Waals surface area (Å²) in [6.45, 7) is 3.34. The van der Waals surface area contributed by atoms with Gasteiger partial charge in [-0.3, -0.25) is 10.0 Å². The Morgan fingerprint density at radius 1 is 1.22 bits per heavy atom. The van der Waals surface area contributed by atoms with E-state index < -0.39 is 5.91 Å². The Balaban J connectivity index is 1.49. The standard InChI is InChI=1S/C24H27N9O3S/c1-26-18-9-14(3-4-17(18)25)21-29-19-10-16(37-20(19)22(30-21)33-5-7-36-8-6-33)13-32(2)24-27-11-15(12-28-24)23(34)31-35/h3-4,9-12,26,35H,5-8,13,25H2,1-2H3,(H,31,34). The molecule has 0 unspecified atom stereocenters. The van der Waals surface area contributed by atoms with Gasteiger partial charge in [0.2, 0.25) is 5.95 Å². The molecule has 0 atom stereocenters. The first-order chi connectivity index (χ1) is 18.0. The van der Waals surface area contributed by atoms with E-state index in [2.05, 4.69) is 26.3 Å². The van der Waals surface area contributed by atoms with Crippen molar-refractivity contribution in [3.63, 3.8) is 0 Å². The molecule has 13 heteroatoms. The van der Waals surface area contributed by atoms with Crippen molar-refractivity contribution in [2.75, 3.05) is 61.2 Å². The summed E-state index contributed by atoms with van der Waals surface area (Å²) in [5, 5.41) is 11.9. The molecule has 1 fully saturated rings. The molecule has 0 spiro atoms. The molecule has 5 rings (SSSR count). The Morgan fingerprint density at radius 2 is 1.97 bits per heavy atom. The minimum absolute atomic E-state index is 0.170. The van der Waals surface area contributed by atoms with E-state index in [1.165, 1.54) is 12.4 Å². The number of fused-ring (bicyclic) bond motifs is 1. The van der Waals surface area contributed by atoms with Gasteiger partial charge >= 0.3 is 0 Å². The molecule has 1 aromatic carbocycles. The number of anilines is 4. The molecule has 0 aliphatic carbocycles. The van der Waals surface area contributed by atoms with Crippen LogP contribution in [-0.2, 0) is 11.3 Å². The zero-order valence-corrected chi connectivity index (χ0v) is 21.2. The monoisotopic (exact) mass is 521 g/mol. The summed E-state index contributed by atoms with van der Waals surface area (Å²) in [7, 11) is 3.71. The Hall–Kier alpha value is -4.07. The van der Waals surface area contributed by atoms with Gasteiger partial charge in [-0.1, -0.05) is 0 Å². The van der Waals surface area contributed by atoms with Gasteiger partial charge in [0.15, 0.2) is 11.6 Å². The van der Waals surface area contributed by atoms with Gasteiger partial charge in [-0.25, -0.2) is 25.4 Å². The Morgan fingerprint density at radius 3 is 2.68 bits per heavy atom. The van der Waals surface area contributed by atoms with Crippen molar-refractivity contribution in [2.24, 2.45) is 0 Å². The van der Waals surface area contributed by atoms with Crippen molar-refractivity contribution in [2.45, 2.75) is 6.54 Å². The van der Waals surface area contributed by atoms with Gasteiger partial charge < -0.3 is 25.6 Å². The number of hydrogen-bond donors (Lipinski definition) is 4. The molecule has 37 heavy (non-hydrogen) atoms. The molecule has 3 aromatic heterocycles. The maximum absolute atomic E-state index is 11.5. The molecule has 192 valence electrons. The zero-order chi connectivity index (χ0) is 25.9. The van der Waals surface area contributed by atoms with Crippen LogP contribution in [0.1, 0.15) is 15.2 Å². The number of aromatic nitrogens is 4. The molecule has 1 aliphatic rings. The number of carbonyl (C=O) groups excluding carboxylic acids is 1. The first-order valence-corrected chi connectivity index (χ1v) is 12.5. The highest BCUT2D eigenvalue weighted by Crippen LogP contribution is 2.36. The molecule has 5 N–H and O–H groups in total. The number of hydrogen-bond acceptors (Lipinski definition) is 12. The van der Waals surface area contributed by atoms with Crippen LogP contribution in [0, 0.1) is 0 Å². The van der Waals surface area contributed by atoms with Crippen LogP contribution in [0.3, 0.4) is 0 Å². The van der Waals surface area contributed by atoms with Crippen molar-refractivity contribution in [3.05, 3.63) is 47.1 Å². The SMILES string of the molecule is CNc1cc(-c2nc(N3CCOCC3)c3sc(CN(C)c4ncc(C(=O)NO)cn4)cc3n2)ccc1N. The Labute approximate surface area is 217 Å². The summed E-state index contributed by atoms with van der Waals surface area (Å²) in [4.78, 5) is 35.1. The first kappa shape index (κ1) is 24.6. The summed E-state index contributed by atoms with van der Waals surface area (Å²) in [6, 6.07) is 7.81. The van der Waals surface area contributed by atoms with Gasteiger partial charge in [-0.15, -0.1) is 11.3 Å². The van der Waals surface area contributed by atoms with Crippen molar-refractivity contribution in [3.8, 4) is 11.4 Å². The van der Waals surface area contributed by atoms with Crippen LogP contribution < -0.4 is 26.3 Å². The van der Waals surface area contributed by atoms with E-state index in [4.69, 9.17) is 25.6 Å². The van der Waals surface area contributed by atoms with Gasteiger partial charge in [0, 0.05) is 50.0 Å². The van der Waals surface area contributed by atoms with Crippen molar-refractivity contribution >= 4 is 50.6 Å². The predicted molar refractivity (Wildman–Crippen MR) is 143 cm³/mol. The largest absolute Gasteiger partial charge is 0.397 e. The minimum Gasteiger partial charge on any atom is -0.397 e. The third kappa shape index (κ3) is 5.09. The topological polar surface area (TPSA) is 155 Å². The number of benzene rings is 1. The van der Waals surface area contributed by atoms with Crippen LogP contribution in [0.4, 0.5) is 23.1 Å². The molecular formula is C24H27N9O3S. The lowest BCUT2D eigenvalue weighted by Gasteiger charge is -2.28. The van der Waals surface area contributed by atoms with Crippen LogP contribution in [0.15, 0.2) is 36.7 Å². The Kier molecular flexibility index (Phi) is 6.99. The quantitative estimate of drug-likeness (QED) is 0.161. The number of nitrogens with one attached hydrogen (secondary N) is 2. The second-order valence-electron chi connectivity index (χ2n) is 8.52. The molecule has 4 heterocycles. The number of ether oxygens (including phenoxy) is 1. The van der Waals surface area contributed by atoms with Gasteiger partial charge in [-0.2, -0.15) is 0 Å². The van der Waals surface area contributed by atoms with Crippen LogP contribution in [0.5, 0.6) is 0 Å². The lowest BCUT2D eigenvalue weighted by Crippen LogP contribution is -2.36. The molecule has 0 radical (unpaired) electrons. The van der Waals surface area contributed by atoms with E-state index in [-0.39, 0.29) is 5.56 Å². The number of hydroxylamine groups is 1. The predicted octanol–water partition coefficient (Wildman–Crippen LogP) is 2.36. The van der Waals surface area contributed by atoms with Crippen molar-refractivity contribution < 1.29 is 14.7 Å². The molecule has 1 amide bonds. The maximum Gasteiger partial charge on any atom is 0.277 e. The van der Waals surface area contributed by atoms with E-state index >= 15 is 0 Å². The van der Waals surface area contributed by atoms with Gasteiger partial charge in [0.25, 0.3) is 5.91 Å². The molecule has 12 nitrogen and oxygen atoms in total. The maximum atomic E-state index is 11.5. The average Bonchev–Trinajstić information content (AvgIpc) is 3.35. The van der Waals surface area contributed by atoms with Crippen LogP contribution in [0.25, 0.3) is 21.6 Å². The normalized spacial score (nSPS) is 13.5. The van der Waals surface area contributed by atoms with Gasteiger partial charge in [-0.05, 0) is 24.3 Å². The highest BCUT2D eigenvalue weighted by Gasteiger charge is 2.21. The smallest absolute Gasteiger partial charge is 0.277 e. The number of amides is 1. The lowest BCUT2D eigenvalue weighted by molar-refractivity contribution is 0.0705. The average molecular weight is 522 g/mol. The molecule has 1 saturated heterocycles. The molecule has 0 bridgehead atoms. The van der Waals surface area contributed by atoms with Gasteiger partial charge in [0.05, 0.1) is 46.9 Å². The second-order valence-corrected chi connectivity index (χ2v) is 9.65. The number of thiophene rings is 1. The van der Waals surface area contributed by atoms with Gasteiger partial charge in [0.1, 0.15) is 0 Å². The summed E-state index contributed by atoms with van der Waals surface area (Å²) in [5.74, 6) is 1.31. The van der Waals surface area contributed by atoms with E-state index in [9.17, 15) is 4.79 Å². The summed E-state index contributed by atoms with van der Waals surface area (Å²) >= 11 is 1.63. The Bertz CT molecular complexity index is 1420. The highest BCUT2D eigenvalue weighted by molar-refractivity contribution is 7.19. The number of morpholine rings is 1. The van der Waals surface area contributed by atoms with E-state index in [0.29, 0.717) is 37.2 Å². The fraction of sp³-hybridized carbons (Fsp3) is 0.292. The van der Waals surface area contributed by atoms with Crippen LogP contribution in [-0.4, -0.2) is 71.4 Å². The third-order valence-corrected chi connectivity index (χ3v) is 7.14. The third-order valence-electron chi connectivity index (χ3n) is 6.03. The number of nitrogens with two attached hydrogens (primary N) is 1. The number of nitrogen functional groups attached to an aromatic ring is 1. The van der Waals surface area contributed by atoms with E-state index in [1.807, 2.05) is 37.2 Å². The molecular weight excluding hydrogens is 494 g/mol. The molecule has 1 aliphatic heterocycles. The lowest BCUT2D eigenvalue weighted by atomic mass is 10.1. The van der Waals surface area contributed by atoms with Crippen molar-refractivity contribution in [1.29, 1.82) is 0 Å². The molecule has 4 aromatic rings. The number of carbonyl (C=O) groups is 1.